The van der Waals surface area contributed by atoms with Gasteiger partial charge in [0.25, 0.3) is 0 Å². The molecule has 3 nitrogen and oxygen atoms in total. The molecule has 1 heterocycles. The first kappa shape index (κ1) is 6.91. The summed E-state index contributed by atoms with van der Waals surface area (Å²) in [4.78, 5) is 0. The van der Waals surface area contributed by atoms with E-state index in [1.54, 1.807) is 18.2 Å². The van der Waals surface area contributed by atoms with Crippen LogP contribution in [0.4, 0.5) is 0 Å². The lowest BCUT2D eigenvalue weighted by atomic mass is 10.5. The van der Waals surface area contributed by atoms with Gasteiger partial charge in [0.1, 0.15) is 0 Å². The van der Waals surface area contributed by atoms with E-state index in [0.717, 1.165) is 4.73 Å². The number of hydrogen-bond donors (Lipinski definition) is 0. The maximum atomic E-state index is 10.2. The number of aromatic nitrogens is 1. The molecule has 0 amide bonds. The minimum absolute atomic E-state index is 0. The summed E-state index contributed by atoms with van der Waals surface area (Å²) in [5.41, 5.74) is 0. The Bertz CT molecular complexity index is 140. The smallest absolute Gasteiger partial charge is 0.180 e. The first-order valence-electron chi connectivity index (χ1n) is 2.03. The second-order valence-electron chi connectivity index (χ2n) is 1.24. The van der Waals surface area contributed by atoms with Crippen molar-refractivity contribution in [3.8, 4) is 0 Å². The monoisotopic (exact) mass is 111 g/mol. The molecule has 1 aromatic rings. The van der Waals surface area contributed by atoms with E-state index in [1.165, 1.54) is 12.4 Å². The van der Waals surface area contributed by atoms with Crippen LogP contribution in [-0.4, -0.2) is 0 Å². The molecule has 0 saturated heterocycles. The van der Waals surface area contributed by atoms with Gasteiger partial charge in [-0.25, -0.2) is 0 Å². The van der Waals surface area contributed by atoms with Crippen LogP contribution < -0.4 is 4.73 Å². The fraction of sp³-hybridized carbons (Fsp3) is 0. The van der Waals surface area contributed by atoms with E-state index in [4.69, 9.17) is 0 Å². The third kappa shape index (κ3) is 1.57. The molecule has 0 fully saturated rings. The molecule has 1 rings (SSSR count). The third-order valence-corrected chi connectivity index (χ3v) is 0.688. The summed E-state index contributed by atoms with van der Waals surface area (Å²) in [7, 11) is 0. The molecule has 0 aliphatic carbocycles. The van der Waals surface area contributed by atoms with Gasteiger partial charge >= 0.3 is 0 Å². The molecular formula is C5H5NO2. The zero-order chi connectivity index (χ0) is 5.11. The first-order chi connectivity index (χ1) is 3.39. The standard InChI is InChI=1S/C5H5NO.O/c7-6-4-2-1-3-5-6;/h1-5H;. The average Bonchev–Trinajstić information content (AvgIpc) is 1.69. The third-order valence-electron chi connectivity index (χ3n) is 0.688. The van der Waals surface area contributed by atoms with Gasteiger partial charge in [-0.3, -0.25) is 0 Å². The van der Waals surface area contributed by atoms with Crippen LogP contribution in [0, 0.1) is 5.21 Å². The van der Waals surface area contributed by atoms with E-state index in [2.05, 4.69) is 0 Å². The van der Waals surface area contributed by atoms with Crippen LogP contribution in [-0.2, 0) is 5.48 Å². The van der Waals surface area contributed by atoms with E-state index in [-0.39, 0.29) is 5.48 Å². The van der Waals surface area contributed by atoms with Gasteiger partial charge < -0.3 is 5.21 Å². The number of pyridine rings is 1. The Balaban J connectivity index is 0.000000490. The fourth-order valence-electron chi connectivity index (χ4n) is 0.383. The predicted octanol–water partition coefficient (Wildman–Crippen LogP) is 0.201. The van der Waals surface area contributed by atoms with Crippen molar-refractivity contribution in [3.05, 3.63) is 35.8 Å². The van der Waals surface area contributed by atoms with Crippen LogP contribution >= 0.6 is 0 Å². The van der Waals surface area contributed by atoms with Crippen molar-refractivity contribution in [2.75, 3.05) is 0 Å². The lowest BCUT2D eigenvalue weighted by Crippen LogP contribution is -2.22. The van der Waals surface area contributed by atoms with E-state index in [9.17, 15) is 5.21 Å². The highest BCUT2D eigenvalue weighted by Gasteiger charge is 1.74. The van der Waals surface area contributed by atoms with Gasteiger partial charge in [0.15, 0.2) is 12.4 Å². The van der Waals surface area contributed by atoms with Crippen LogP contribution in [0.3, 0.4) is 0 Å². The van der Waals surface area contributed by atoms with E-state index in [1.807, 2.05) is 0 Å². The summed E-state index contributed by atoms with van der Waals surface area (Å²) in [5.74, 6) is 0. The lowest BCUT2D eigenvalue weighted by Gasteiger charge is -1.88. The molecule has 0 aromatic carbocycles. The highest BCUT2D eigenvalue weighted by atomic mass is 16.5. The van der Waals surface area contributed by atoms with Crippen molar-refractivity contribution in [1.82, 2.24) is 0 Å². The van der Waals surface area contributed by atoms with Crippen LogP contribution in [0.1, 0.15) is 0 Å². The molecule has 0 bridgehead atoms. The Morgan fingerprint density at radius 2 is 1.50 bits per heavy atom. The van der Waals surface area contributed by atoms with Gasteiger partial charge in [-0.05, 0) is 0 Å². The number of rotatable bonds is 0. The first-order valence-corrected chi connectivity index (χ1v) is 2.03. The van der Waals surface area contributed by atoms with Crippen molar-refractivity contribution in [3.63, 3.8) is 0 Å². The Morgan fingerprint density at radius 3 is 1.75 bits per heavy atom. The van der Waals surface area contributed by atoms with E-state index in [0.29, 0.717) is 0 Å². The Labute approximate surface area is 47.1 Å². The van der Waals surface area contributed by atoms with Crippen LogP contribution in [0.2, 0.25) is 0 Å². The predicted molar refractivity (Wildman–Crippen MR) is 26.1 cm³/mol. The molecule has 0 aliphatic rings. The molecule has 0 saturated carbocycles. The van der Waals surface area contributed by atoms with E-state index < -0.39 is 0 Å². The lowest BCUT2D eigenvalue weighted by molar-refractivity contribution is -0.605. The SMILES string of the molecule is [O-][n+]1ccccc1.[O]. The quantitative estimate of drug-likeness (QED) is 0.348. The Morgan fingerprint density at radius 1 is 1.00 bits per heavy atom. The molecule has 8 heavy (non-hydrogen) atoms. The zero-order valence-electron chi connectivity index (χ0n) is 4.15. The molecule has 0 N–H and O–H groups in total. The summed E-state index contributed by atoms with van der Waals surface area (Å²) in [6.07, 6.45) is 2.89. The van der Waals surface area contributed by atoms with Gasteiger partial charge in [0, 0.05) is 17.6 Å². The average molecular weight is 111 g/mol. The van der Waals surface area contributed by atoms with Crippen LogP contribution in [0.25, 0.3) is 0 Å². The molecule has 0 aliphatic heterocycles. The summed E-state index contributed by atoms with van der Waals surface area (Å²) in [5, 5.41) is 10.2. The topological polar surface area (TPSA) is 55.4 Å². The number of nitrogens with zero attached hydrogens (tertiary/aromatic N) is 1. The summed E-state index contributed by atoms with van der Waals surface area (Å²) < 4.78 is 0.750. The van der Waals surface area contributed by atoms with Crippen molar-refractivity contribution >= 4 is 0 Å². The van der Waals surface area contributed by atoms with Crippen molar-refractivity contribution in [1.29, 1.82) is 0 Å². The van der Waals surface area contributed by atoms with Gasteiger partial charge in [-0.1, -0.05) is 6.07 Å². The van der Waals surface area contributed by atoms with Gasteiger partial charge in [-0.15, -0.1) is 0 Å². The summed E-state index contributed by atoms with van der Waals surface area (Å²) >= 11 is 0. The molecule has 0 unspecified atom stereocenters. The highest BCUT2D eigenvalue weighted by molar-refractivity contribution is 4.83. The maximum absolute atomic E-state index is 10.2. The molecule has 3 heteroatoms. The van der Waals surface area contributed by atoms with Crippen molar-refractivity contribution in [2.24, 2.45) is 0 Å². The molecule has 2 radical (unpaired) electrons. The molecule has 0 atom stereocenters. The zero-order valence-corrected chi connectivity index (χ0v) is 4.15. The maximum Gasteiger partial charge on any atom is 0.180 e. The van der Waals surface area contributed by atoms with Gasteiger partial charge in [0.2, 0.25) is 0 Å². The Hall–Kier alpha value is -1.09. The van der Waals surface area contributed by atoms with E-state index >= 15 is 0 Å². The van der Waals surface area contributed by atoms with Gasteiger partial charge in [0.05, 0.1) is 0 Å². The van der Waals surface area contributed by atoms with Gasteiger partial charge in [-0.2, -0.15) is 4.73 Å². The highest BCUT2D eigenvalue weighted by Crippen LogP contribution is 1.72. The minimum Gasteiger partial charge on any atom is -0.619 e. The largest absolute Gasteiger partial charge is 0.619 e. The normalized spacial score (nSPS) is 7.50. The summed E-state index contributed by atoms with van der Waals surface area (Å²) in [6, 6.07) is 5.18. The Kier molecular flexibility index (Phi) is 2.58. The molecular weight excluding hydrogens is 106 g/mol. The number of hydrogen-bond acceptors (Lipinski definition) is 1. The second kappa shape index (κ2) is 2.98. The summed E-state index contributed by atoms with van der Waals surface area (Å²) in [6.45, 7) is 0. The van der Waals surface area contributed by atoms with Crippen molar-refractivity contribution < 1.29 is 10.2 Å². The van der Waals surface area contributed by atoms with Crippen LogP contribution in [0.15, 0.2) is 30.6 Å². The van der Waals surface area contributed by atoms with Crippen molar-refractivity contribution in [2.45, 2.75) is 0 Å². The molecule has 1 aromatic heterocycles. The second-order valence-corrected chi connectivity index (χ2v) is 1.24. The van der Waals surface area contributed by atoms with Crippen LogP contribution in [0.5, 0.6) is 0 Å². The minimum atomic E-state index is 0. The molecule has 0 spiro atoms. The fourth-order valence-corrected chi connectivity index (χ4v) is 0.383. The molecule has 42 valence electrons.